The summed E-state index contributed by atoms with van der Waals surface area (Å²) in [6.07, 6.45) is -2.02. The SMILES string of the molecule is NC1CCCC(Nc2ccc(C3=NNC(=O)OC3)cc2C(F)(F)F)C1. The molecule has 1 fully saturated rings. The van der Waals surface area contributed by atoms with Gasteiger partial charge in [-0.2, -0.15) is 18.3 Å². The Kier molecular flexibility index (Phi) is 4.85. The second-order valence-electron chi connectivity index (χ2n) is 6.27. The zero-order valence-corrected chi connectivity index (χ0v) is 13.4. The van der Waals surface area contributed by atoms with Crippen molar-refractivity contribution in [3.8, 4) is 0 Å². The van der Waals surface area contributed by atoms with Gasteiger partial charge in [0.1, 0.15) is 12.3 Å². The first-order valence-corrected chi connectivity index (χ1v) is 8.06. The number of cyclic esters (lactones) is 1. The molecule has 2 aliphatic rings. The van der Waals surface area contributed by atoms with E-state index in [0.717, 1.165) is 25.3 Å². The van der Waals surface area contributed by atoms with E-state index >= 15 is 0 Å². The van der Waals surface area contributed by atoms with Crippen molar-refractivity contribution in [1.82, 2.24) is 5.43 Å². The molecule has 0 spiro atoms. The first-order valence-electron chi connectivity index (χ1n) is 8.06. The smallest absolute Gasteiger partial charge is 0.428 e. The molecule has 1 amide bonds. The van der Waals surface area contributed by atoms with E-state index in [-0.39, 0.29) is 35.7 Å². The highest BCUT2D eigenvalue weighted by Crippen LogP contribution is 2.37. The maximum Gasteiger partial charge on any atom is 0.428 e. The molecule has 6 nitrogen and oxygen atoms in total. The number of hydrazone groups is 1. The minimum Gasteiger partial charge on any atom is -0.442 e. The molecule has 25 heavy (non-hydrogen) atoms. The zero-order chi connectivity index (χ0) is 18.0. The average molecular weight is 356 g/mol. The largest absolute Gasteiger partial charge is 0.442 e. The maximum absolute atomic E-state index is 13.5. The normalized spacial score (nSPS) is 24.2. The molecular formula is C16H19F3N4O2. The third-order valence-corrected chi connectivity index (χ3v) is 4.35. The Bertz CT molecular complexity index is 690. The number of carbonyl (C=O) groups excluding carboxylic acids is 1. The third kappa shape index (κ3) is 4.22. The van der Waals surface area contributed by atoms with Crippen molar-refractivity contribution in [3.05, 3.63) is 29.3 Å². The first-order chi connectivity index (χ1) is 11.8. The van der Waals surface area contributed by atoms with E-state index in [1.165, 1.54) is 12.1 Å². The summed E-state index contributed by atoms with van der Waals surface area (Å²) < 4.78 is 45.2. The fraction of sp³-hybridized carbons (Fsp3) is 0.500. The molecular weight excluding hydrogens is 337 g/mol. The second kappa shape index (κ2) is 6.91. The van der Waals surface area contributed by atoms with Gasteiger partial charge in [-0.15, -0.1) is 0 Å². The number of hydrogen-bond donors (Lipinski definition) is 3. The number of alkyl halides is 3. The van der Waals surface area contributed by atoms with Crippen LogP contribution in [0.1, 0.15) is 36.8 Å². The number of carbonyl (C=O) groups is 1. The van der Waals surface area contributed by atoms with E-state index in [1.54, 1.807) is 0 Å². The maximum atomic E-state index is 13.5. The predicted molar refractivity (Wildman–Crippen MR) is 86.3 cm³/mol. The van der Waals surface area contributed by atoms with Gasteiger partial charge in [0.05, 0.1) is 5.56 Å². The molecule has 1 aromatic rings. The Balaban J connectivity index is 1.87. The Labute approximate surface area is 142 Å². The highest BCUT2D eigenvalue weighted by molar-refractivity contribution is 6.04. The van der Waals surface area contributed by atoms with E-state index < -0.39 is 17.8 Å². The van der Waals surface area contributed by atoms with Crippen LogP contribution < -0.4 is 16.5 Å². The number of benzene rings is 1. The van der Waals surface area contributed by atoms with Crippen LogP contribution in [0.5, 0.6) is 0 Å². The van der Waals surface area contributed by atoms with Gasteiger partial charge in [-0.1, -0.05) is 6.07 Å². The van der Waals surface area contributed by atoms with Gasteiger partial charge in [0.25, 0.3) is 0 Å². The van der Waals surface area contributed by atoms with E-state index in [9.17, 15) is 18.0 Å². The molecule has 3 rings (SSSR count). The van der Waals surface area contributed by atoms with Gasteiger partial charge in [0, 0.05) is 23.3 Å². The fourth-order valence-corrected chi connectivity index (χ4v) is 3.12. The number of nitrogens with two attached hydrogens (primary N) is 1. The molecule has 4 N–H and O–H groups in total. The van der Waals surface area contributed by atoms with Crippen LogP contribution in [0, 0.1) is 0 Å². The number of anilines is 1. The summed E-state index contributed by atoms with van der Waals surface area (Å²) >= 11 is 0. The number of nitrogens with zero attached hydrogens (tertiary/aromatic N) is 1. The van der Waals surface area contributed by atoms with Crippen LogP contribution in [0.25, 0.3) is 0 Å². The van der Waals surface area contributed by atoms with Gasteiger partial charge in [-0.05, 0) is 37.8 Å². The van der Waals surface area contributed by atoms with Crippen molar-refractivity contribution in [2.45, 2.75) is 43.9 Å². The minimum atomic E-state index is -4.52. The van der Waals surface area contributed by atoms with Gasteiger partial charge in [-0.3, -0.25) is 0 Å². The highest BCUT2D eigenvalue weighted by Gasteiger charge is 2.35. The summed E-state index contributed by atoms with van der Waals surface area (Å²) in [7, 11) is 0. The van der Waals surface area contributed by atoms with Crippen LogP contribution in [0.2, 0.25) is 0 Å². The molecule has 0 aromatic heterocycles. The average Bonchev–Trinajstić information content (AvgIpc) is 2.55. The third-order valence-electron chi connectivity index (χ3n) is 4.35. The number of hydrogen-bond acceptors (Lipinski definition) is 5. The Hall–Kier alpha value is -2.29. The summed E-state index contributed by atoms with van der Waals surface area (Å²) in [6, 6.07) is 3.87. The zero-order valence-electron chi connectivity index (χ0n) is 13.4. The number of nitrogens with one attached hydrogen (secondary N) is 2. The Morgan fingerprint density at radius 1 is 1.32 bits per heavy atom. The van der Waals surface area contributed by atoms with E-state index in [0.29, 0.717) is 6.42 Å². The Morgan fingerprint density at radius 3 is 2.76 bits per heavy atom. The number of rotatable bonds is 3. The number of ether oxygens (including phenoxy) is 1. The summed E-state index contributed by atoms with van der Waals surface area (Å²) in [5, 5.41) is 6.73. The lowest BCUT2D eigenvalue weighted by atomic mass is 9.91. The number of amides is 1. The van der Waals surface area contributed by atoms with Gasteiger partial charge >= 0.3 is 12.3 Å². The van der Waals surface area contributed by atoms with Crippen molar-refractivity contribution in [3.63, 3.8) is 0 Å². The van der Waals surface area contributed by atoms with E-state index in [1.807, 2.05) is 0 Å². The summed E-state index contributed by atoms with van der Waals surface area (Å²) in [5.41, 5.74) is 7.73. The molecule has 1 aliphatic heterocycles. The molecule has 9 heteroatoms. The monoisotopic (exact) mass is 356 g/mol. The van der Waals surface area contributed by atoms with Gasteiger partial charge < -0.3 is 15.8 Å². The molecule has 2 unspecified atom stereocenters. The molecule has 136 valence electrons. The van der Waals surface area contributed by atoms with Crippen LogP contribution in [0.4, 0.5) is 23.7 Å². The van der Waals surface area contributed by atoms with Crippen LogP contribution in [-0.4, -0.2) is 30.5 Å². The molecule has 1 heterocycles. The van der Waals surface area contributed by atoms with Crippen molar-refractivity contribution >= 4 is 17.5 Å². The van der Waals surface area contributed by atoms with Crippen molar-refractivity contribution in [1.29, 1.82) is 0 Å². The van der Waals surface area contributed by atoms with Crippen LogP contribution in [0.3, 0.4) is 0 Å². The number of halogens is 3. The van der Waals surface area contributed by atoms with Crippen molar-refractivity contribution < 1.29 is 22.7 Å². The van der Waals surface area contributed by atoms with Gasteiger partial charge in [0.2, 0.25) is 0 Å². The van der Waals surface area contributed by atoms with Gasteiger partial charge in [0.15, 0.2) is 0 Å². The molecule has 1 saturated carbocycles. The van der Waals surface area contributed by atoms with E-state index in [2.05, 4.69) is 15.8 Å². The highest BCUT2D eigenvalue weighted by atomic mass is 19.4. The molecule has 1 aliphatic carbocycles. The molecule has 0 saturated heterocycles. The minimum absolute atomic E-state index is 0.0113. The molecule has 0 radical (unpaired) electrons. The summed E-state index contributed by atoms with van der Waals surface area (Å²) in [6.45, 7) is -0.173. The molecule has 0 bridgehead atoms. The predicted octanol–water partition coefficient (Wildman–Crippen LogP) is 2.83. The first kappa shape index (κ1) is 17.5. The van der Waals surface area contributed by atoms with Crippen LogP contribution in [-0.2, 0) is 10.9 Å². The lowest BCUT2D eigenvalue weighted by Crippen LogP contribution is -2.35. The van der Waals surface area contributed by atoms with Crippen LogP contribution >= 0.6 is 0 Å². The van der Waals surface area contributed by atoms with Gasteiger partial charge in [-0.25, -0.2) is 10.2 Å². The summed E-state index contributed by atoms with van der Waals surface area (Å²) in [5.74, 6) is 0. The summed E-state index contributed by atoms with van der Waals surface area (Å²) in [4.78, 5) is 10.9. The lowest BCUT2D eigenvalue weighted by molar-refractivity contribution is -0.137. The second-order valence-corrected chi connectivity index (χ2v) is 6.27. The molecule has 2 atom stereocenters. The molecule has 1 aromatic carbocycles. The topological polar surface area (TPSA) is 88.7 Å². The standard InChI is InChI=1S/C16H19F3N4O2/c17-16(18,19)12-6-9(14-8-25-15(24)23-22-14)4-5-13(12)21-11-3-1-2-10(20)7-11/h4-6,10-11,21H,1-3,7-8,20H2,(H,23,24). The van der Waals surface area contributed by atoms with Crippen LogP contribution in [0.15, 0.2) is 23.3 Å². The Morgan fingerprint density at radius 2 is 2.12 bits per heavy atom. The fourth-order valence-electron chi connectivity index (χ4n) is 3.12. The van der Waals surface area contributed by atoms with Crippen molar-refractivity contribution in [2.24, 2.45) is 10.8 Å². The lowest BCUT2D eigenvalue weighted by Gasteiger charge is -2.29. The van der Waals surface area contributed by atoms with Crippen molar-refractivity contribution in [2.75, 3.05) is 11.9 Å². The quantitative estimate of drug-likeness (QED) is 0.777. The van der Waals surface area contributed by atoms with E-state index in [4.69, 9.17) is 10.5 Å².